The van der Waals surface area contributed by atoms with Crippen LogP contribution in [0.25, 0.3) is 0 Å². The number of piperidine rings is 1. The average Bonchev–Trinajstić information content (AvgIpc) is 2.38. The number of hydrogen-bond acceptors (Lipinski definition) is 3. The highest BCUT2D eigenvalue weighted by Gasteiger charge is 2.35. The zero-order chi connectivity index (χ0) is 14.8. The summed E-state index contributed by atoms with van der Waals surface area (Å²) in [6.07, 6.45) is 5.50. The third-order valence-electron chi connectivity index (χ3n) is 5.04. The predicted molar refractivity (Wildman–Crippen MR) is 87.2 cm³/mol. The molecule has 0 saturated carbocycles. The summed E-state index contributed by atoms with van der Waals surface area (Å²) < 4.78 is 0. The van der Waals surface area contributed by atoms with Gasteiger partial charge in [-0.05, 0) is 53.5 Å². The molecule has 3 unspecified atom stereocenters. The molecule has 2 aliphatic rings. The van der Waals surface area contributed by atoms with E-state index < -0.39 is 0 Å². The normalized spacial score (nSPS) is 31.1. The maximum Gasteiger partial charge on any atom is 0.0224 e. The number of nitrogens with one attached hydrogen (secondary N) is 1. The summed E-state index contributed by atoms with van der Waals surface area (Å²) >= 11 is 0. The molecule has 2 aliphatic heterocycles. The van der Waals surface area contributed by atoms with E-state index in [0.717, 1.165) is 12.6 Å². The summed E-state index contributed by atoms with van der Waals surface area (Å²) in [5.74, 6) is 0. The van der Waals surface area contributed by atoms with Crippen LogP contribution < -0.4 is 5.32 Å². The van der Waals surface area contributed by atoms with Crippen molar-refractivity contribution in [2.75, 3.05) is 26.2 Å². The van der Waals surface area contributed by atoms with Crippen molar-refractivity contribution < 1.29 is 0 Å². The van der Waals surface area contributed by atoms with Gasteiger partial charge >= 0.3 is 0 Å². The molecule has 0 radical (unpaired) electrons. The molecule has 2 fully saturated rings. The molecule has 0 bridgehead atoms. The van der Waals surface area contributed by atoms with Crippen molar-refractivity contribution in [3.63, 3.8) is 0 Å². The zero-order valence-corrected chi connectivity index (χ0v) is 14.3. The summed E-state index contributed by atoms with van der Waals surface area (Å²) in [7, 11) is 0. The molecule has 3 atom stereocenters. The highest BCUT2D eigenvalue weighted by atomic mass is 15.3. The fourth-order valence-corrected chi connectivity index (χ4v) is 3.80. The second kappa shape index (κ2) is 6.76. The van der Waals surface area contributed by atoms with Gasteiger partial charge in [-0.1, -0.05) is 13.3 Å². The van der Waals surface area contributed by atoms with E-state index in [1.165, 1.54) is 45.3 Å². The van der Waals surface area contributed by atoms with Crippen molar-refractivity contribution in [2.24, 2.45) is 0 Å². The highest BCUT2D eigenvalue weighted by molar-refractivity contribution is 4.92. The fraction of sp³-hybridized carbons (Fsp3) is 1.00. The fourth-order valence-electron chi connectivity index (χ4n) is 3.80. The lowest BCUT2D eigenvalue weighted by atomic mass is 9.95. The van der Waals surface area contributed by atoms with Gasteiger partial charge in [0, 0.05) is 43.3 Å². The number of hydrogen-bond donors (Lipinski definition) is 1. The highest BCUT2D eigenvalue weighted by Crippen LogP contribution is 2.26. The number of nitrogens with zero attached hydrogens (tertiary/aromatic N) is 2. The lowest BCUT2D eigenvalue weighted by molar-refractivity contribution is -0.00952. The first-order chi connectivity index (χ1) is 9.40. The number of rotatable bonds is 4. The van der Waals surface area contributed by atoms with Crippen molar-refractivity contribution in [1.82, 2.24) is 15.1 Å². The molecule has 3 heteroatoms. The Morgan fingerprint density at radius 1 is 1.20 bits per heavy atom. The Balaban J connectivity index is 1.94. The van der Waals surface area contributed by atoms with Crippen LogP contribution in [0.1, 0.15) is 60.3 Å². The number of piperazine rings is 1. The van der Waals surface area contributed by atoms with Crippen LogP contribution in [0.4, 0.5) is 0 Å². The second-order valence-electron chi connectivity index (χ2n) is 7.88. The molecule has 1 N–H and O–H groups in total. The summed E-state index contributed by atoms with van der Waals surface area (Å²) in [5.41, 5.74) is 0.226. The molecular formula is C17H35N3. The van der Waals surface area contributed by atoms with Gasteiger partial charge in [0.25, 0.3) is 0 Å². The molecule has 0 aliphatic carbocycles. The van der Waals surface area contributed by atoms with E-state index in [1.54, 1.807) is 0 Å². The van der Waals surface area contributed by atoms with Crippen LogP contribution in [0.2, 0.25) is 0 Å². The van der Waals surface area contributed by atoms with Crippen LogP contribution in [0.15, 0.2) is 0 Å². The molecule has 0 amide bonds. The first kappa shape index (κ1) is 16.3. The smallest absolute Gasteiger partial charge is 0.0224 e. The lowest BCUT2D eigenvalue weighted by Crippen LogP contribution is -2.62. The Kier molecular flexibility index (Phi) is 5.49. The Hall–Kier alpha value is -0.120. The predicted octanol–water partition coefficient (Wildman–Crippen LogP) is 2.71. The minimum absolute atomic E-state index is 0.226. The van der Waals surface area contributed by atoms with Crippen LogP contribution in [-0.2, 0) is 0 Å². The van der Waals surface area contributed by atoms with E-state index in [2.05, 4.69) is 49.7 Å². The van der Waals surface area contributed by atoms with Gasteiger partial charge in [0.15, 0.2) is 0 Å². The van der Waals surface area contributed by atoms with Crippen LogP contribution in [0, 0.1) is 0 Å². The maximum atomic E-state index is 3.71. The Bertz CT molecular complexity index is 297. The van der Waals surface area contributed by atoms with E-state index >= 15 is 0 Å². The monoisotopic (exact) mass is 281 g/mol. The van der Waals surface area contributed by atoms with Gasteiger partial charge in [-0.25, -0.2) is 0 Å². The maximum absolute atomic E-state index is 3.71. The average molecular weight is 281 g/mol. The van der Waals surface area contributed by atoms with Gasteiger partial charge in [-0.2, -0.15) is 0 Å². The van der Waals surface area contributed by atoms with Crippen molar-refractivity contribution in [2.45, 2.75) is 84.0 Å². The van der Waals surface area contributed by atoms with E-state index in [-0.39, 0.29) is 5.54 Å². The molecule has 2 saturated heterocycles. The summed E-state index contributed by atoms with van der Waals surface area (Å²) in [6, 6.07) is 2.22. The molecule has 0 spiro atoms. The third-order valence-corrected chi connectivity index (χ3v) is 5.04. The van der Waals surface area contributed by atoms with E-state index in [9.17, 15) is 0 Å². The van der Waals surface area contributed by atoms with E-state index in [1.807, 2.05) is 0 Å². The first-order valence-corrected chi connectivity index (χ1v) is 8.65. The molecule has 3 nitrogen and oxygen atoms in total. The standard InChI is InChI=1S/C17H35N3/c1-6-15(11-18-17(3,4)5)20-13-16-9-7-8-10-19(16)12-14(20)2/h14-16,18H,6-13H2,1-5H3. The van der Waals surface area contributed by atoms with Gasteiger partial charge < -0.3 is 5.32 Å². The van der Waals surface area contributed by atoms with Crippen molar-refractivity contribution in [3.8, 4) is 0 Å². The van der Waals surface area contributed by atoms with Crippen molar-refractivity contribution in [1.29, 1.82) is 0 Å². The SMILES string of the molecule is CCC(CNC(C)(C)C)N1CC2CCCCN2CC1C. The first-order valence-electron chi connectivity index (χ1n) is 8.65. The molecule has 0 aromatic rings. The van der Waals surface area contributed by atoms with Crippen LogP contribution in [0.5, 0.6) is 0 Å². The van der Waals surface area contributed by atoms with Gasteiger partial charge in [0.1, 0.15) is 0 Å². The van der Waals surface area contributed by atoms with E-state index in [4.69, 9.17) is 0 Å². The van der Waals surface area contributed by atoms with Crippen LogP contribution in [0.3, 0.4) is 0 Å². The Morgan fingerprint density at radius 2 is 1.95 bits per heavy atom. The summed E-state index contributed by atoms with van der Waals surface area (Å²) in [6.45, 7) is 16.6. The molecule has 2 rings (SSSR count). The van der Waals surface area contributed by atoms with Crippen molar-refractivity contribution >= 4 is 0 Å². The quantitative estimate of drug-likeness (QED) is 0.855. The molecule has 0 aromatic carbocycles. The third kappa shape index (κ3) is 4.19. The summed E-state index contributed by atoms with van der Waals surface area (Å²) in [4.78, 5) is 5.53. The molecule has 118 valence electrons. The van der Waals surface area contributed by atoms with Crippen molar-refractivity contribution in [3.05, 3.63) is 0 Å². The van der Waals surface area contributed by atoms with Crippen LogP contribution in [-0.4, -0.2) is 59.6 Å². The summed E-state index contributed by atoms with van der Waals surface area (Å²) in [5, 5.41) is 3.71. The molecule has 20 heavy (non-hydrogen) atoms. The minimum atomic E-state index is 0.226. The number of fused-ring (bicyclic) bond motifs is 1. The Labute approximate surface area is 126 Å². The molecule has 2 heterocycles. The van der Waals surface area contributed by atoms with Crippen LogP contribution >= 0.6 is 0 Å². The molecular weight excluding hydrogens is 246 g/mol. The topological polar surface area (TPSA) is 18.5 Å². The second-order valence-corrected chi connectivity index (χ2v) is 7.88. The minimum Gasteiger partial charge on any atom is -0.311 e. The lowest BCUT2D eigenvalue weighted by Gasteiger charge is -2.50. The Morgan fingerprint density at radius 3 is 2.60 bits per heavy atom. The van der Waals surface area contributed by atoms with E-state index in [0.29, 0.717) is 12.1 Å². The van der Waals surface area contributed by atoms with Gasteiger partial charge in [0.05, 0.1) is 0 Å². The largest absolute Gasteiger partial charge is 0.311 e. The molecule has 0 aromatic heterocycles. The van der Waals surface area contributed by atoms with Gasteiger partial charge in [-0.3, -0.25) is 9.80 Å². The van der Waals surface area contributed by atoms with Gasteiger partial charge in [0.2, 0.25) is 0 Å². The van der Waals surface area contributed by atoms with Gasteiger partial charge in [-0.15, -0.1) is 0 Å². The zero-order valence-electron chi connectivity index (χ0n) is 14.3.